The lowest BCUT2D eigenvalue weighted by Crippen LogP contribution is -2.50. The van der Waals surface area contributed by atoms with E-state index in [-0.39, 0.29) is 33.9 Å². The van der Waals surface area contributed by atoms with Crippen LogP contribution in [0.2, 0.25) is 10.0 Å². The van der Waals surface area contributed by atoms with E-state index in [1.54, 1.807) is 29.2 Å². The number of aromatic nitrogens is 1. The van der Waals surface area contributed by atoms with Crippen molar-refractivity contribution in [1.82, 2.24) is 13.8 Å². The third-order valence-electron chi connectivity index (χ3n) is 5.08. The van der Waals surface area contributed by atoms with Crippen molar-refractivity contribution in [2.24, 2.45) is 0 Å². The lowest BCUT2D eigenvalue weighted by Gasteiger charge is -2.34. The minimum atomic E-state index is -3.78. The summed E-state index contributed by atoms with van der Waals surface area (Å²) >= 11 is 12.1. The maximum Gasteiger partial charge on any atom is 0.253 e. The number of carbonyl (C=O) groups is 1. The van der Waals surface area contributed by atoms with E-state index in [9.17, 15) is 13.2 Å². The molecule has 156 valence electrons. The minimum absolute atomic E-state index is 0.0143. The number of halogens is 2. The van der Waals surface area contributed by atoms with Crippen molar-refractivity contribution in [1.29, 1.82) is 0 Å². The van der Waals surface area contributed by atoms with Crippen LogP contribution < -0.4 is 0 Å². The number of benzene rings is 2. The quantitative estimate of drug-likeness (QED) is 0.588. The van der Waals surface area contributed by atoms with Crippen LogP contribution in [0.3, 0.4) is 0 Å². The summed E-state index contributed by atoms with van der Waals surface area (Å²) in [6, 6.07) is 15.7. The Morgan fingerprint density at radius 3 is 2.10 bits per heavy atom. The first-order chi connectivity index (χ1) is 14.4. The van der Waals surface area contributed by atoms with Crippen molar-refractivity contribution in [3.05, 3.63) is 82.6 Å². The molecule has 6 nitrogen and oxygen atoms in total. The molecule has 0 bridgehead atoms. The molecule has 9 heteroatoms. The van der Waals surface area contributed by atoms with Gasteiger partial charge in [0, 0.05) is 49.8 Å². The molecule has 30 heavy (non-hydrogen) atoms. The van der Waals surface area contributed by atoms with Gasteiger partial charge in [-0.1, -0.05) is 29.3 Å². The Kier molecular flexibility index (Phi) is 5.88. The van der Waals surface area contributed by atoms with Crippen molar-refractivity contribution in [3.63, 3.8) is 0 Å². The largest absolute Gasteiger partial charge is 0.336 e. The maximum absolute atomic E-state index is 12.9. The third kappa shape index (κ3) is 3.98. The van der Waals surface area contributed by atoms with E-state index in [0.717, 1.165) is 5.69 Å². The first kappa shape index (κ1) is 20.9. The second-order valence-electron chi connectivity index (χ2n) is 6.89. The van der Waals surface area contributed by atoms with Gasteiger partial charge in [-0.3, -0.25) is 4.79 Å². The highest BCUT2D eigenvalue weighted by Gasteiger charge is 2.32. The van der Waals surface area contributed by atoms with E-state index >= 15 is 0 Å². The van der Waals surface area contributed by atoms with Crippen LogP contribution in [-0.4, -0.2) is 54.3 Å². The number of nitrogens with zero attached hydrogens (tertiary/aromatic N) is 3. The smallest absolute Gasteiger partial charge is 0.253 e. The zero-order valence-corrected chi connectivity index (χ0v) is 18.2. The van der Waals surface area contributed by atoms with Crippen LogP contribution in [0.1, 0.15) is 10.4 Å². The van der Waals surface area contributed by atoms with Gasteiger partial charge in [0.2, 0.25) is 10.0 Å². The molecule has 0 aliphatic carbocycles. The first-order valence-corrected chi connectivity index (χ1v) is 11.5. The predicted octanol–water partition coefficient (Wildman–Crippen LogP) is 3.93. The Hall–Kier alpha value is -2.32. The number of carbonyl (C=O) groups excluding carboxylic acids is 1. The number of hydrogen-bond donors (Lipinski definition) is 0. The van der Waals surface area contributed by atoms with Crippen LogP contribution in [-0.2, 0) is 10.0 Å². The highest BCUT2D eigenvalue weighted by Crippen LogP contribution is 2.31. The number of sulfonamides is 1. The molecule has 1 saturated heterocycles. The number of rotatable bonds is 4. The topological polar surface area (TPSA) is 62.6 Å². The van der Waals surface area contributed by atoms with E-state index in [4.69, 9.17) is 23.2 Å². The minimum Gasteiger partial charge on any atom is -0.336 e. The fourth-order valence-electron chi connectivity index (χ4n) is 3.42. The monoisotopic (exact) mass is 463 g/mol. The van der Waals surface area contributed by atoms with Crippen LogP contribution in [0.5, 0.6) is 0 Å². The Bertz CT molecular complexity index is 1150. The average molecular weight is 464 g/mol. The van der Waals surface area contributed by atoms with E-state index in [1.807, 2.05) is 41.2 Å². The SMILES string of the molecule is O=C(c1ccc(-n2cccc2)cc1)N1CCN(S(=O)(=O)c2cccc(Cl)c2Cl)CC1. The fourth-order valence-corrected chi connectivity index (χ4v) is 5.58. The van der Waals surface area contributed by atoms with Crippen LogP contribution >= 0.6 is 23.2 Å². The number of amides is 1. The van der Waals surface area contributed by atoms with E-state index in [2.05, 4.69) is 0 Å². The van der Waals surface area contributed by atoms with Crippen molar-refractivity contribution in [3.8, 4) is 5.69 Å². The molecule has 3 aromatic rings. The van der Waals surface area contributed by atoms with E-state index in [1.165, 1.54) is 10.4 Å². The van der Waals surface area contributed by atoms with Gasteiger partial charge in [0.15, 0.2) is 0 Å². The second-order valence-corrected chi connectivity index (χ2v) is 9.58. The van der Waals surface area contributed by atoms with Gasteiger partial charge in [-0.05, 0) is 48.5 Å². The van der Waals surface area contributed by atoms with Crippen LogP contribution in [0.4, 0.5) is 0 Å². The average Bonchev–Trinajstić information content (AvgIpc) is 3.30. The van der Waals surface area contributed by atoms with Gasteiger partial charge in [0.1, 0.15) is 4.90 Å². The summed E-state index contributed by atoms with van der Waals surface area (Å²) in [7, 11) is -3.78. The molecular weight excluding hydrogens is 445 g/mol. The molecule has 4 rings (SSSR count). The molecule has 1 amide bonds. The molecule has 1 aliphatic heterocycles. The van der Waals surface area contributed by atoms with Crippen molar-refractivity contribution >= 4 is 39.1 Å². The predicted molar refractivity (Wildman–Crippen MR) is 117 cm³/mol. The summed E-state index contributed by atoms with van der Waals surface area (Å²) in [5, 5.41) is 0.204. The molecule has 1 fully saturated rings. The van der Waals surface area contributed by atoms with Gasteiger partial charge in [-0.2, -0.15) is 4.31 Å². The van der Waals surface area contributed by atoms with E-state index in [0.29, 0.717) is 18.7 Å². The van der Waals surface area contributed by atoms with Crippen LogP contribution in [0.15, 0.2) is 71.9 Å². The molecule has 0 spiro atoms. The van der Waals surface area contributed by atoms with Gasteiger partial charge >= 0.3 is 0 Å². The molecule has 0 N–H and O–H groups in total. The summed E-state index contributed by atoms with van der Waals surface area (Å²) in [5.41, 5.74) is 1.53. The number of hydrogen-bond acceptors (Lipinski definition) is 3. The first-order valence-electron chi connectivity index (χ1n) is 9.35. The van der Waals surface area contributed by atoms with Gasteiger partial charge in [0.05, 0.1) is 10.0 Å². The summed E-state index contributed by atoms with van der Waals surface area (Å²) in [6.07, 6.45) is 3.87. The molecule has 2 heterocycles. The standard InChI is InChI=1S/C21H19Cl2N3O3S/c22-18-4-3-5-19(20(18)23)30(28,29)26-14-12-25(13-15-26)21(27)16-6-8-17(9-7-16)24-10-1-2-11-24/h1-11H,12-15H2. The summed E-state index contributed by atoms with van der Waals surface area (Å²) < 4.78 is 29.2. The number of piperazine rings is 1. The third-order valence-corrected chi connectivity index (χ3v) is 7.95. The highest BCUT2D eigenvalue weighted by atomic mass is 35.5. The van der Waals surface area contributed by atoms with Crippen molar-refractivity contribution < 1.29 is 13.2 Å². The summed E-state index contributed by atoms with van der Waals surface area (Å²) in [5.74, 6) is -0.119. The lowest BCUT2D eigenvalue weighted by molar-refractivity contribution is 0.0698. The van der Waals surface area contributed by atoms with Crippen LogP contribution in [0.25, 0.3) is 5.69 Å². The van der Waals surface area contributed by atoms with Gasteiger partial charge in [-0.15, -0.1) is 0 Å². The second kappa shape index (κ2) is 8.43. The fraction of sp³-hybridized carbons (Fsp3) is 0.190. The highest BCUT2D eigenvalue weighted by molar-refractivity contribution is 7.89. The Labute approximate surface area is 185 Å². The molecule has 0 radical (unpaired) electrons. The van der Waals surface area contributed by atoms with Crippen molar-refractivity contribution in [2.45, 2.75) is 4.90 Å². The zero-order chi connectivity index (χ0) is 21.3. The normalized spacial score (nSPS) is 15.3. The summed E-state index contributed by atoms with van der Waals surface area (Å²) in [6.45, 7) is 0.988. The molecular formula is C21H19Cl2N3O3S. The zero-order valence-electron chi connectivity index (χ0n) is 15.9. The lowest BCUT2D eigenvalue weighted by atomic mass is 10.1. The van der Waals surface area contributed by atoms with E-state index < -0.39 is 10.0 Å². The van der Waals surface area contributed by atoms with Gasteiger partial charge in [0.25, 0.3) is 5.91 Å². The van der Waals surface area contributed by atoms with Gasteiger partial charge in [-0.25, -0.2) is 8.42 Å². The molecule has 0 atom stereocenters. The molecule has 1 aromatic heterocycles. The molecule has 2 aromatic carbocycles. The van der Waals surface area contributed by atoms with Crippen molar-refractivity contribution in [2.75, 3.05) is 26.2 Å². The van der Waals surface area contributed by atoms with Gasteiger partial charge < -0.3 is 9.47 Å². The Balaban J connectivity index is 1.44. The Morgan fingerprint density at radius 1 is 0.833 bits per heavy atom. The Morgan fingerprint density at radius 2 is 1.47 bits per heavy atom. The molecule has 0 unspecified atom stereocenters. The maximum atomic E-state index is 12.9. The molecule has 0 saturated carbocycles. The summed E-state index contributed by atoms with van der Waals surface area (Å²) in [4.78, 5) is 14.5. The van der Waals surface area contributed by atoms with Crippen LogP contribution in [0, 0.1) is 0 Å². The molecule has 1 aliphatic rings.